The van der Waals surface area contributed by atoms with E-state index in [9.17, 15) is 0 Å². The monoisotopic (exact) mass is 391 g/mol. The van der Waals surface area contributed by atoms with Gasteiger partial charge in [0.05, 0.1) is 11.6 Å². The smallest absolute Gasteiger partial charge is 0.0512 e. The van der Waals surface area contributed by atoms with Crippen molar-refractivity contribution in [3.8, 4) is 0 Å². The molecule has 1 atom stereocenters. The highest BCUT2D eigenvalue weighted by Crippen LogP contribution is 2.32. The maximum absolute atomic E-state index is 4.39. The molecular formula is C22H25N5S. The summed E-state index contributed by atoms with van der Waals surface area (Å²) in [6.45, 7) is 3.24. The largest absolute Gasteiger partial charge is 0.361 e. The number of hydrogen-bond acceptors (Lipinski definition) is 4. The predicted octanol–water partition coefficient (Wildman–Crippen LogP) is 4.49. The first-order chi connectivity index (χ1) is 13.8. The van der Waals surface area contributed by atoms with Gasteiger partial charge in [0.1, 0.15) is 0 Å². The van der Waals surface area contributed by atoms with E-state index in [1.807, 2.05) is 18.6 Å². The van der Waals surface area contributed by atoms with E-state index in [1.54, 1.807) is 11.9 Å². The van der Waals surface area contributed by atoms with Crippen LogP contribution in [0.25, 0.3) is 21.8 Å². The maximum atomic E-state index is 4.39. The topological polar surface area (TPSA) is 48.9 Å². The van der Waals surface area contributed by atoms with Gasteiger partial charge in [-0.05, 0) is 73.1 Å². The van der Waals surface area contributed by atoms with Crippen LogP contribution in [0.4, 0.5) is 0 Å². The van der Waals surface area contributed by atoms with Crippen LogP contribution in [-0.2, 0) is 7.05 Å². The average Bonchev–Trinajstić information content (AvgIpc) is 3.46. The van der Waals surface area contributed by atoms with Crippen molar-refractivity contribution < 1.29 is 0 Å². The third kappa shape index (κ3) is 3.32. The summed E-state index contributed by atoms with van der Waals surface area (Å²) in [5.74, 6) is 0. The summed E-state index contributed by atoms with van der Waals surface area (Å²) < 4.78 is 5.86. The molecule has 1 aliphatic heterocycles. The first-order valence-electron chi connectivity index (χ1n) is 9.89. The number of nitrogens with zero attached hydrogens (tertiary/aromatic N) is 3. The minimum Gasteiger partial charge on any atom is -0.361 e. The van der Waals surface area contributed by atoms with Gasteiger partial charge in [0.25, 0.3) is 0 Å². The van der Waals surface area contributed by atoms with Gasteiger partial charge < -0.3 is 9.55 Å². The molecular weight excluding hydrogens is 366 g/mol. The number of H-pyrrole nitrogens is 1. The molecule has 1 unspecified atom stereocenters. The van der Waals surface area contributed by atoms with Crippen LogP contribution < -0.4 is 4.72 Å². The van der Waals surface area contributed by atoms with E-state index < -0.39 is 0 Å². The van der Waals surface area contributed by atoms with Crippen molar-refractivity contribution in [2.45, 2.75) is 23.8 Å². The van der Waals surface area contributed by atoms with Crippen molar-refractivity contribution in [3.63, 3.8) is 0 Å². The van der Waals surface area contributed by atoms with E-state index in [-0.39, 0.29) is 0 Å². The lowest BCUT2D eigenvalue weighted by Crippen LogP contribution is -2.32. The van der Waals surface area contributed by atoms with Gasteiger partial charge in [-0.1, -0.05) is 6.07 Å². The van der Waals surface area contributed by atoms with Crippen molar-refractivity contribution in [1.29, 1.82) is 0 Å². The molecule has 0 spiro atoms. The first-order valence-corrected chi connectivity index (χ1v) is 10.7. The molecule has 0 radical (unpaired) electrons. The minimum atomic E-state index is 0.358. The number of likely N-dealkylation sites (tertiary alicyclic amines) is 1. The SMILES string of the molecule is Cn1cc(C(CNSc2ccc3cc[nH]c3c2)N2CCCC2)c2cnccc21. The summed E-state index contributed by atoms with van der Waals surface area (Å²) in [4.78, 5) is 11.5. The lowest BCUT2D eigenvalue weighted by atomic mass is 10.1. The molecule has 0 amide bonds. The summed E-state index contributed by atoms with van der Waals surface area (Å²) >= 11 is 1.71. The van der Waals surface area contributed by atoms with Crippen LogP contribution in [0.2, 0.25) is 0 Å². The van der Waals surface area contributed by atoms with Crippen molar-refractivity contribution >= 4 is 33.8 Å². The first kappa shape index (κ1) is 17.8. The number of rotatable bonds is 6. The molecule has 1 aromatic carbocycles. The third-order valence-electron chi connectivity index (χ3n) is 5.76. The molecule has 28 heavy (non-hydrogen) atoms. The van der Waals surface area contributed by atoms with Gasteiger partial charge in [0.15, 0.2) is 0 Å². The van der Waals surface area contributed by atoms with E-state index in [4.69, 9.17) is 0 Å². The second-order valence-electron chi connectivity index (χ2n) is 7.52. The number of aryl methyl sites for hydroxylation is 1. The van der Waals surface area contributed by atoms with Crippen LogP contribution in [0.3, 0.4) is 0 Å². The minimum absolute atomic E-state index is 0.358. The van der Waals surface area contributed by atoms with E-state index >= 15 is 0 Å². The van der Waals surface area contributed by atoms with Crippen molar-refractivity contribution in [3.05, 3.63) is 60.7 Å². The number of fused-ring (bicyclic) bond motifs is 2. The summed E-state index contributed by atoms with van der Waals surface area (Å²) in [5.41, 5.74) is 3.81. The van der Waals surface area contributed by atoms with Crippen LogP contribution in [0.1, 0.15) is 24.4 Å². The fourth-order valence-electron chi connectivity index (χ4n) is 4.31. The number of pyridine rings is 1. The van der Waals surface area contributed by atoms with E-state index in [0.29, 0.717) is 6.04 Å². The Morgan fingerprint density at radius 2 is 2.11 bits per heavy atom. The fraction of sp³-hybridized carbons (Fsp3) is 0.318. The standard InChI is InChI=1S/C22H25N5S/c1-26-15-19(18-13-23-8-7-21(18)26)22(27-10-2-3-11-27)14-25-28-17-5-4-16-6-9-24-20(16)12-17/h4-9,12-13,15,22,24-25H,2-3,10-11,14H2,1H3. The number of aromatic amines is 1. The second-order valence-corrected chi connectivity index (χ2v) is 8.49. The summed E-state index contributed by atoms with van der Waals surface area (Å²) in [6.07, 6.45) is 10.7. The number of benzene rings is 1. The highest BCUT2D eigenvalue weighted by Gasteiger charge is 2.26. The Morgan fingerprint density at radius 3 is 3.00 bits per heavy atom. The Kier molecular flexibility index (Phi) is 4.84. The zero-order chi connectivity index (χ0) is 18.9. The van der Waals surface area contributed by atoms with Gasteiger partial charge in [-0.15, -0.1) is 0 Å². The molecule has 2 N–H and O–H groups in total. The van der Waals surface area contributed by atoms with Gasteiger partial charge in [0.2, 0.25) is 0 Å². The highest BCUT2D eigenvalue weighted by atomic mass is 32.2. The molecule has 5 rings (SSSR count). The van der Waals surface area contributed by atoms with Crippen molar-refractivity contribution in [1.82, 2.24) is 24.2 Å². The Labute approximate surface area is 169 Å². The predicted molar refractivity (Wildman–Crippen MR) is 116 cm³/mol. The van der Waals surface area contributed by atoms with Gasteiger partial charge >= 0.3 is 0 Å². The molecule has 1 saturated heterocycles. The Morgan fingerprint density at radius 1 is 1.21 bits per heavy atom. The maximum Gasteiger partial charge on any atom is 0.0512 e. The molecule has 6 heteroatoms. The molecule has 0 aliphatic carbocycles. The number of nitrogens with one attached hydrogen (secondary N) is 2. The molecule has 4 heterocycles. The van der Waals surface area contributed by atoms with Crippen LogP contribution in [0, 0.1) is 0 Å². The van der Waals surface area contributed by atoms with Crippen LogP contribution in [-0.4, -0.2) is 39.1 Å². The van der Waals surface area contributed by atoms with E-state index in [1.165, 1.54) is 58.2 Å². The zero-order valence-electron chi connectivity index (χ0n) is 16.1. The van der Waals surface area contributed by atoms with Gasteiger partial charge in [-0.3, -0.25) is 14.6 Å². The molecule has 0 saturated carbocycles. The normalized spacial score (nSPS) is 16.3. The molecule has 3 aromatic heterocycles. The highest BCUT2D eigenvalue weighted by molar-refractivity contribution is 7.97. The second kappa shape index (κ2) is 7.62. The van der Waals surface area contributed by atoms with Crippen LogP contribution >= 0.6 is 11.9 Å². The summed E-state index contributed by atoms with van der Waals surface area (Å²) in [7, 11) is 2.13. The lowest BCUT2D eigenvalue weighted by molar-refractivity contribution is 0.249. The van der Waals surface area contributed by atoms with Gasteiger partial charge in [0, 0.05) is 54.2 Å². The van der Waals surface area contributed by atoms with Gasteiger partial charge in [-0.25, -0.2) is 0 Å². The Hall–Kier alpha value is -2.28. The molecule has 0 bridgehead atoms. The molecule has 5 nitrogen and oxygen atoms in total. The summed E-state index contributed by atoms with van der Waals surface area (Å²) in [6, 6.07) is 11.1. The molecule has 144 valence electrons. The Balaban J connectivity index is 1.37. The average molecular weight is 392 g/mol. The number of aromatic nitrogens is 3. The molecule has 1 aliphatic rings. The lowest BCUT2D eigenvalue weighted by Gasteiger charge is -2.27. The van der Waals surface area contributed by atoms with Crippen LogP contribution in [0.5, 0.6) is 0 Å². The Bertz CT molecular complexity index is 1090. The third-order valence-corrected chi connectivity index (χ3v) is 6.56. The fourth-order valence-corrected chi connectivity index (χ4v) is 5.03. The van der Waals surface area contributed by atoms with Crippen molar-refractivity contribution in [2.75, 3.05) is 19.6 Å². The van der Waals surface area contributed by atoms with Crippen molar-refractivity contribution in [2.24, 2.45) is 7.05 Å². The molecule has 4 aromatic rings. The summed E-state index contributed by atoms with van der Waals surface area (Å²) in [5, 5.41) is 2.52. The molecule has 1 fully saturated rings. The zero-order valence-corrected chi connectivity index (χ0v) is 16.9. The van der Waals surface area contributed by atoms with E-state index in [0.717, 1.165) is 6.54 Å². The van der Waals surface area contributed by atoms with Gasteiger partial charge in [-0.2, -0.15) is 0 Å². The van der Waals surface area contributed by atoms with E-state index in [2.05, 4.69) is 67.7 Å². The van der Waals surface area contributed by atoms with Crippen LogP contribution in [0.15, 0.2) is 60.0 Å². The quantitative estimate of drug-likeness (QED) is 0.476. The number of hydrogen-bond donors (Lipinski definition) is 2.